The summed E-state index contributed by atoms with van der Waals surface area (Å²) in [5, 5.41) is 4.21. The quantitative estimate of drug-likeness (QED) is 0.316. The van der Waals surface area contributed by atoms with E-state index in [1.165, 1.54) is 6.08 Å². The number of imide groups is 2. The molecule has 0 aromatic rings. The standard InChI is InChI=1S/C10H14N2O3.Na/c1-4-5-10(6(2)3)7(13)11-9(15)12-8(10)14;/h4-6H,1-3H3,(H2,11,12,13,14,15);/q;+1/b5-4+;. The second-order valence-electron chi connectivity index (χ2n) is 3.76. The summed E-state index contributed by atoms with van der Waals surface area (Å²) < 4.78 is 0. The van der Waals surface area contributed by atoms with E-state index < -0.39 is 23.3 Å². The van der Waals surface area contributed by atoms with Gasteiger partial charge in [0.2, 0.25) is 11.8 Å². The zero-order chi connectivity index (χ0) is 11.6. The summed E-state index contributed by atoms with van der Waals surface area (Å²) in [6.07, 6.45) is 3.16. The summed E-state index contributed by atoms with van der Waals surface area (Å²) in [6, 6.07) is -0.759. The van der Waals surface area contributed by atoms with E-state index in [0.717, 1.165) is 0 Å². The van der Waals surface area contributed by atoms with Gasteiger partial charge < -0.3 is 0 Å². The van der Waals surface area contributed by atoms with E-state index in [2.05, 4.69) is 10.6 Å². The van der Waals surface area contributed by atoms with Gasteiger partial charge in [0.1, 0.15) is 5.41 Å². The average Bonchev–Trinajstić information content (AvgIpc) is 2.10. The number of urea groups is 1. The Balaban J connectivity index is 0.00000225. The van der Waals surface area contributed by atoms with Gasteiger partial charge in [0, 0.05) is 0 Å². The van der Waals surface area contributed by atoms with Crippen LogP contribution in [0.15, 0.2) is 12.2 Å². The number of hydrogen-bond acceptors (Lipinski definition) is 3. The summed E-state index contributed by atoms with van der Waals surface area (Å²) in [6.45, 7) is 5.24. The van der Waals surface area contributed by atoms with Gasteiger partial charge in [-0.25, -0.2) is 4.79 Å². The number of hydrogen-bond donors (Lipinski definition) is 2. The van der Waals surface area contributed by atoms with Crippen LogP contribution in [0.5, 0.6) is 0 Å². The maximum absolute atomic E-state index is 11.7. The van der Waals surface area contributed by atoms with Gasteiger partial charge in [0.15, 0.2) is 0 Å². The van der Waals surface area contributed by atoms with E-state index in [4.69, 9.17) is 0 Å². The van der Waals surface area contributed by atoms with Crippen molar-refractivity contribution in [1.82, 2.24) is 10.6 Å². The van der Waals surface area contributed by atoms with Gasteiger partial charge in [-0.2, -0.15) is 0 Å². The van der Waals surface area contributed by atoms with Crippen LogP contribution >= 0.6 is 0 Å². The minimum Gasteiger partial charge on any atom is -0.277 e. The van der Waals surface area contributed by atoms with Crippen molar-refractivity contribution >= 4 is 17.8 Å². The normalized spacial score (nSPS) is 19.4. The molecular weight excluding hydrogens is 219 g/mol. The number of carbonyl (C=O) groups is 3. The molecule has 6 heteroatoms. The number of barbiturate groups is 1. The van der Waals surface area contributed by atoms with Crippen molar-refractivity contribution in [2.24, 2.45) is 11.3 Å². The van der Waals surface area contributed by atoms with Crippen LogP contribution in [-0.4, -0.2) is 17.8 Å². The Bertz CT molecular complexity index is 330. The first-order chi connectivity index (χ1) is 6.95. The largest absolute Gasteiger partial charge is 1.00 e. The number of allylic oxidation sites excluding steroid dienone is 1. The molecule has 0 saturated carbocycles. The number of rotatable bonds is 2. The third-order valence-electron chi connectivity index (χ3n) is 2.55. The van der Waals surface area contributed by atoms with Crippen LogP contribution in [0.1, 0.15) is 20.8 Å². The molecule has 0 radical (unpaired) electrons. The third-order valence-corrected chi connectivity index (χ3v) is 2.55. The molecule has 0 spiro atoms. The first-order valence-electron chi connectivity index (χ1n) is 4.76. The summed E-state index contributed by atoms with van der Waals surface area (Å²) >= 11 is 0. The fourth-order valence-electron chi connectivity index (χ4n) is 1.68. The van der Waals surface area contributed by atoms with E-state index in [1.807, 2.05) is 0 Å². The Labute approximate surface area is 116 Å². The molecule has 1 aliphatic heterocycles. The first kappa shape index (κ1) is 15.3. The molecule has 0 atom stereocenters. The molecule has 0 aliphatic carbocycles. The van der Waals surface area contributed by atoms with Gasteiger partial charge in [-0.15, -0.1) is 0 Å². The van der Waals surface area contributed by atoms with Crippen molar-refractivity contribution in [2.75, 3.05) is 0 Å². The minimum atomic E-state index is -1.28. The predicted molar refractivity (Wildman–Crippen MR) is 53.8 cm³/mol. The zero-order valence-electron chi connectivity index (χ0n) is 9.96. The Morgan fingerprint density at radius 1 is 1.12 bits per heavy atom. The molecule has 0 aromatic heterocycles. The van der Waals surface area contributed by atoms with Crippen molar-refractivity contribution in [3.63, 3.8) is 0 Å². The maximum atomic E-state index is 11.7. The van der Waals surface area contributed by atoms with Gasteiger partial charge >= 0.3 is 35.6 Å². The third kappa shape index (κ3) is 2.36. The maximum Gasteiger partial charge on any atom is 1.00 e. The molecule has 82 valence electrons. The predicted octanol–water partition coefficient (Wildman–Crippen LogP) is -2.43. The van der Waals surface area contributed by atoms with Crippen LogP contribution in [0.3, 0.4) is 0 Å². The van der Waals surface area contributed by atoms with Crippen LogP contribution in [0.25, 0.3) is 0 Å². The van der Waals surface area contributed by atoms with Crippen molar-refractivity contribution in [1.29, 1.82) is 0 Å². The van der Waals surface area contributed by atoms with E-state index in [-0.39, 0.29) is 35.5 Å². The molecule has 16 heavy (non-hydrogen) atoms. The molecule has 2 N–H and O–H groups in total. The fourth-order valence-corrected chi connectivity index (χ4v) is 1.68. The average molecular weight is 233 g/mol. The van der Waals surface area contributed by atoms with E-state index in [1.54, 1.807) is 26.8 Å². The van der Waals surface area contributed by atoms with Crippen molar-refractivity contribution in [3.8, 4) is 0 Å². The molecular formula is C10H14N2NaO3+. The van der Waals surface area contributed by atoms with Crippen LogP contribution in [0, 0.1) is 11.3 Å². The Morgan fingerprint density at radius 3 is 1.88 bits per heavy atom. The molecule has 0 aromatic carbocycles. The fraction of sp³-hybridized carbons (Fsp3) is 0.500. The van der Waals surface area contributed by atoms with Crippen LogP contribution in [0.2, 0.25) is 0 Å². The molecule has 1 rings (SSSR count). The number of amides is 4. The number of nitrogens with one attached hydrogen (secondary N) is 2. The summed E-state index contributed by atoms with van der Waals surface area (Å²) in [5.74, 6) is -1.35. The zero-order valence-corrected chi connectivity index (χ0v) is 12.0. The molecule has 1 fully saturated rings. The van der Waals surface area contributed by atoms with E-state index in [0.29, 0.717) is 0 Å². The van der Waals surface area contributed by atoms with Crippen molar-refractivity contribution in [3.05, 3.63) is 12.2 Å². The molecule has 1 aliphatic rings. The molecule has 1 heterocycles. The molecule has 4 amide bonds. The van der Waals surface area contributed by atoms with Gasteiger partial charge in [0.05, 0.1) is 0 Å². The topological polar surface area (TPSA) is 75.3 Å². The van der Waals surface area contributed by atoms with Gasteiger partial charge in [0.25, 0.3) is 0 Å². The van der Waals surface area contributed by atoms with Crippen LogP contribution in [0.4, 0.5) is 4.79 Å². The van der Waals surface area contributed by atoms with Crippen molar-refractivity contribution in [2.45, 2.75) is 20.8 Å². The second kappa shape index (κ2) is 5.61. The molecule has 0 unspecified atom stereocenters. The molecule has 1 saturated heterocycles. The number of carbonyl (C=O) groups excluding carboxylic acids is 3. The SMILES string of the molecule is C/C=C/C1(C(C)C)C(=O)NC(=O)NC1=O.[Na+]. The minimum absolute atomic E-state index is 0. The van der Waals surface area contributed by atoms with Crippen LogP contribution < -0.4 is 40.2 Å². The van der Waals surface area contributed by atoms with Gasteiger partial charge in [-0.05, 0) is 12.8 Å². The smallest absolute Gasteiger partial charge is 0.277 e. The summed E-state index contributed by atoms with van der Waals surface area (Å²) in [5.41, 5.74) is -1.28. The first-order valence-corrected chi connectivity index (χ1v) is 4.76. The van der Waals surface area contributed by atoms with Gasteiger partial charge in [-0.3, -0.25) is 20.2 Å². The second-order valence-corrected chi connectivity index (χ2v) is 3.76. The van der Waals surface area contributed by atoms with E-state index >= 15 is 0 Å². The molecule has 5 nitrogen and oxygen atoms in total. The summed E-state index contributed by atoms with van der Waals surface area (Å²) in [7, 11) is 0. The van der Waals surface area contributed by atoms with Crippen molar-refractivity contribution < 1.29 is 43.9 Å². The summed E-state index contributed by atoms with van der Waals surface area (Å²) in [4.78, 5) is 34.4. The van der Waals surface area contributed by atoms with Gasteiger partial charge in [-0.1, -0.05) is 26.0 Å². The van der Waals surface area contributed by atoms with E-state index in [9.17, 15) is 14.4 Å². The Morgan fingerprint density at radius 2 is 1.56 bits per heavy atom. The molecule has 0 bridgehead atoms. The Hall–Kier alpha value is -0.650. The van der Waals surface area contributed by atoms with Crippen LogP contribution in [-0.2, 0) is 9.59 Å². The monoisotopic (exact) mass is 233 g/mol. The Kier molecular flexibility index (Phi) is 5.38.